The molecule has 65 heavy (non-hydrogen) atoms. The molecule has 0 unspecified atom stereocenters. The van der Waals surface area contributed by atoms with Crippen LogP contribution in [0.5, 0.6) is 0 Å². The fourth-order valence-electron chi connectivity index (χ4n) is 10.0. The Morgan fingerprint density at radius 3 is 1.66 bits per heavy atom. The third-order valence-corrected chi connectivity index (χ3v) is 13.4. The maximum absolute atomic E-state index is 6.55. The number of rotatable bonds is 6. The van der Waals surface area contributed by atoms with Crippen molar-refractivity contribution in [3.8, 4) is 78.7 Å². The lowest BCUT2D eigenvalue weighted by molar-refractivity contribution is 0.660. The first kappa shape index (κ1) is 37.2. The van der Waals surface area contributed by atoms with Gasteiger partial charge in [0.1, 0.15) is 22.3 Å². The van der Waals surface area contributed by atoms with Crippen LogP contribution in [0, 0.1) is 0 Å². The Morgan fingerprint density at radius 2 is 0.846 bits per heavy atom. The summed E-state index contributed by atoms with van der Waals surface area (Å²) in [5.74, 6) is 1.65. The average Bonchev–Trinajstić information content (AvgIpc) is 4.01. The lowest BCUT2D eigenvalue weighted by Crippen LogP contribution is -2.14. The predicted molar refractivity (Wildman–Crippen MR) is 265 cm³/mol. The zero-order valence-electron chi connectivity index (χ0n) is 35.7. The van der Waals surface area contributed by atoms with Gasteiger partial charge in [0.05, 0.1) is 5.56 Å². The van der Waals surface area contributed by atoms with Crippen molar-refractivity contribution in [2.45, 2.75) is 19.3 Å². The van der Waals surface area contributed by atoms with E-state index in [1.807, 2.05) is 48.5 Å². The molecule has 9 aromatic carbocycles. The van der Waals surface area contributed by atoms with E-state index in [-0.39, 0.29) is 5.41 Å². The first-order chi connectivity index (χ1) is 31.9. The summed E-state index contributed by atoms with van der Waals surface area (Å²) in [5, 5.41) is 4.01. The average molecular weight is 834 g/mol. The largest absolute Gasteiger partial charge is 0.456 e. The third-order valence-electron chi connectivity index (χ3n) is 13.4. The molecule has 1 aliphatic carbocycles. The molecule has 0 N–H and O–H groups in total. The Labute approximate surface area is 375 Å². The smallest absolute Gasteiger partial charge is 0.167 e. The summed E-state index contributed by atoms with van der Waals surface area (Å²) in [7, 11) is 0. The molecule has 3 aromatic heterocycles. The molecule has 0 fully saturated rings. The molecule has 3 heterocycles. The van der Waals surface area contributed by atoms with Gasteiger partial charge in [0, 0.05) is 38.1 Å². The number of hydrogen-bond acceptors (Lipinski definition) is 5. The molecule has 0 amide bonds. The molecule has 5 nitrogen and oxygen atoms in total. The van der Waals surface area contributed by atoms with Crippen molar-refractivity contribution < 1.29 is 8.83 Å². The minimum Gasteiger partial charge on any atom is -0.456 e. The highest BCUT2D eigenvalue weighted by Crippen LogP contribution is 2.50. The normalized spacial score (nSPS) is 12.9. The molecule has 0 aliphatic heterocycles. The minimum atomic E-state index is -0.0509. The van der Waals surface area contributed by atoms with Gasteiger partial charge in [-0.25, -0.2) is 15.0 Å². The summed E-state index contributed by atoms with van der Waals surface area (Å²) in [6, 6.07) is 70.3. The third kappa shape index (κ3) is 5.97. The summed E-state index contributed by atoms with van der Waals surface area (Å²) in [6.45, 7) is 4.66. The van der Waals surface area contributed by atoms with Gasteiger partial charge in [-0.2, -0.15) is 0 Å². The molecular weight excluding hydrogens is 795 g/mol. The highest BCUT2D eigenvalue weighted by molar-refractivity contribution is 6.13. The van der Waals surface area contributed by atoms with E-state index in [1.165, 1.54) is 33.4 Å². The number of para-hydroxylation sites is 2. The van der Waals surface area contributed by atoms with Crippen LogP contribution >= 0.6 is 0 Å². The molecular formula is C60H39N3O2. The molecule has 12 aromatic rings. The Hall–Kier alpha value is -8.41. The van der Waals surface area contributed by atoms with Crippen molar-refractivity contribution in [2.75, 3.05) is 0 Å². The second kappa shape index (κ2) is 14.3. The van der Waals surface area contributed by atoms with Crippen LogP contribution in [0.3, 0.4) is 0 Å². The molecule has 0 radical (unpaired) electrons. The van der Waals surface area contributed by atoms with Gasteiger partial charge in [-0.3, -0.25) is 0 Å². The van der Waals surface area contributed by atoms with Crippen molar-refractivity contribution in [3.63, 3.8) is 0 Å². The van der Waals surface area contributed by atoms with Crippen molar-refractivity contribution in [1.82, 2.24) is 15.0 Å². The standard InChI is InChI=1S/C60H39N3O2/c1-60(2)50-19-8-6-14-43(50)44-32-30-42(35-51(44)60)39-24-22-38(23-25-39)41-31-33-53-49(34-41)55-47(17-11-21-54(55)64-53)58-61-57(40-28-26-37(27-29-40)36-12-4-3-5-13-36)62-59(63-58)48-18-10-16-46-45-15-7-9-20-52(45)65-56(46)48/h3-35H,1-2H3. The molecule has 0 bridgehead atoms. The number of fused-ring (bicyclic) bond motifs is 9. The van der Waals surface area contributed by atoms with Crippen LogP contribution in [-0.4, -0.2) is 15.0 Å². The topological polar surface area (TPSA) is 65.0 Å². The molecule has 0 atom stereocenters. The first-order valence-electron chi connectivity index (χ1n) is 22.1. The van der Waals surface area contributed by atoms with Crippen LogP contribution in [0.15, 0.2) is 209 Å². The van der Waals surface area contributed by atoms with Gasteiger partial charge >= 0.3 is 0 Å². The lowest BCUT2D eigenvalue weighted by atomic mass is 9.81. The quantitative estimate of drug-likeness (QED) is 0.167. The van der Waals surface area contributed by atoms with Crippen molar-refractivity contribution in [3.05, 3.63) is 211 Å². The van der Waals surface area contributed by atoms with E-state index in [1.54, 1.807) is 0 Å². The Kier molecular flexibility index (Phi) is 8.18. The highest BCUT2D eigenvalue weighted by Gasteiger charge is 2.35. The maximum atomic E-state index is 6.55. The van der Waals surface area contributed by atoms with E-state index in [2.05, 4.69) is 166 Å². The van der Waals surface area contributed by atoms with Crippen molar-refractivity contribution >= 4 is 43.9 Å². The number of hydrogen-bond donors (Lipinski definition) is 0. The summed E-state index contributed by atoms with van der Waals surface area (Å²) >= 11 is 0. The number of benzene rings is 9. The van der Waals surface area contributed by atoms with Crippen molar-refractivity contribution in [1.29, 1.82) is 0 Å². The van der Waals surface area contributed by atoms with Crippen LogP contribution < -0.4 is 0 Å². The van der Waals surface area contributed by atoms with Gasteiger partial charge < -0.3 is 8.83 Å². The monoisotopic (exact) mass is 833 g/mol. The molecule has 1 aliphatic rings. The lowest BCUT2D eigenvalue weighted by Gasteiger charge is -2.22. The van der Waals surface area contributed by atoms with E-state index in [9.17, 15) is 0 Å². The summed E-state index contributed by atoms with van der Waals surface area (Å²) in [5.41, 5.74) is 17.9. The van der Waals surface area contributed by atoms with Gasteiger partial charge in [-0.15, -0.1) is 0 Å². The van der Waals surface area contributed by atoms with Gasteiger partial charge in [-0.1, -0.05) is 178 Å². The SMILES string of the molecule is CC1(C)c2ccccc2-c2ccc(-c3ccc(-c4ccc5oc6cccc(-c7nc(-c8ccc(-c9ccccc9)cc8)nc(-c8cccc9c8oc8ccccc89)n7)c6c5c4)cc3)cc21. The van der Waals surface area contributed by atoms with Crippen LogP contribution in [0.25, 0.3) is 123 Å². The van der Waals surface area contributed by atoms with Gasteiger partial charge in [-0.05, 0) is 92.0 Å². The summed E-state index contributed by atoms with van der Waals surface area (Å²) in [4.78, 5) is 15.6. The summed E-state index contributed by atoms with van der Waals surface area (Å²) in [6.07, 6.45) is 0. The fourth-order valence-corrected chi connectivity index (χ4v) is 10.0. The van der Waals surface area contributed by atoms with Crippen molar-refractivity contribution in [2.24, 2.45) is 0 Å². The number of aromatic nitrogens is 3. The highest BCUT2D eigenvalue weighted by atomic mass is 16.3. The zero-order valence-corrected chi connectivity index (χ0v) is 35.7. The van der Waals surface area contributed by atoms with Gasteiger partial charge in [0.25, 0.3) is 0 Å². The Morgan fingerprint density at radius 1 is 0.323 bits per heavy atom. The first-order valence-corrected chi connectivity index (χ1v) is 22.1. The molecule has 13 rings (SSSR count). The van der Waals surface area contributed by atoms with E-state index >= 15 is 0 Å². The fraction of sp³-hybridized carbons (Fsp3) is 0.0500. The van der Waals surface area contributed by atoms with E-state index in [4.69, 9.17) is 23.8 Å². The van der Waals surface area contributed by atoms with Gasteiger partial charge in [0.2, 0.25) is 0 Å². The van der Waals surface area contributed by atoms with E-state index in [0.29, 0.717) is 17.5 Å². The number of furan rings is 2. The molecule has 5 heteroatoms. The van der Waals surface area contributed by atoms with Crippen LogP contribution in [0.4, 0.5) is 0 Å². The van der Waals surface area contributed by atoms with Crippen LogP contribution in [0.1, 0.15) is 25.0 Å². The zero-order chi connectivity index (χ0) is 43.2. The second-order valence-electron chi connectivity index (χ2n) is 17.5. The van der Waals surface area contributed by atoms with Crippen LogP contribution in [-0.2, 0) is 5.41 Å². The summed E-state index contributed by atoms with van der Waals surface area (Å²) < 4.78 is 13.1. The molecule has 0 saturated heterocycles. The van der Waals surface area contributed by atoms with E-state index < -0.39 is 0 Å². The van der Waals surface area contributed by atoms with E-state index in [0.717, 1.165) is 82.8 Å². The molecule has 306 valence electrons. The Bertz CT molecular complexity index is 3840. The van der Waals surface area contributed by atoms with Crippen LogP contribution in [0.2, 0.25) is 0 Å². The van der Waals surface area contributed by atoms with Gasteiger partial charge in [0.15, 0.2) is 17.5 Å². The molecule has 0 spiro atoms. The maximum Gasteiger partial charge on any atom is 0.167 e. The number of nitrogens with zero attached hydrogens (tertiary/aromatic N) is 3. The Balaban J connectivity index is 0.924. The second-order valence-corrected chi connectivity index (χ2v) is 17.5. The minimum absolute atomic E-state index is 0.0509. The molecule has 0 saturated carbocycles. The predicted octanol–water partition coefficient (Wildman–Crippen LogP) is 16.0.